The zero-order valence-corrected chi connectivity index (χ0v) is 13.1. The molecule has 0 bridgehead atoms. The first-order valence-electron chi connectivity index (χ1n) is 6.66. The van der Waals surface area contributed by atoms with Crippen molar-refractivity contribution in [3.05, 3.63) is 63.6 Å². The van der Waals surface area contributed by atoms with E-state index in [0.29, 0.717) is 22.2 Å². The Labute approximate surface area is 134 Å². The van der Waals surface area contributed by atoms with Crippen molar-refractivity contribution in [1.29, 1.82) is 0 Å². The van der Waals surface area contributed by atoms with Crippen molar-refractivity contribution in [2.45, 2.75) is 13.5 Å². The summed E-state index contributed by atoms with van der Waals surface area (Å²) in [7, 11) is 0. The lowest BCUT2D eigenvalue weighted by atomic mass is 10.1. The molecule has 2 N–H and O–H groups in total. The summed E-state index contributed by atoms with van der Waals surface area (Å²) >= 11 is 11.9. The van der Waals surface area contributed by atoms with Crippen LogP contribution in [0.3, 0.4) is 0 Å². The van der Waals surface area contributed by atoms with E-state index in [1.165, 1.54) is 0 Å². The van der Waals surface area contributed by atoms with Gasteiger partial charge in [-0.3, -0.25) is 4.79 Å². The Balaban J connectivity index is 2.11. The molecule has 0 aliphatic heterocycles. The molecule has 0 radical (unpaired) electrons. The Bertz CT molecular complexity index is 644. The van der Waals surface area contributed by atoms with E-state index in [2.05, 4.69) is 10.6 Å². The zero-order chi connectivity index (χ0) is 15.2. The van der Waals surface area contributed by atoms with Gasteiger partial charge in [0.05, 0.1) is 5.56 Å². The minimum absolute atomic E-state index is 0.173. The Morgan fingerprint density at radius 2 is 1.86 bits per heavy atom. The molecule has 2 aromatic carbocycles. The molecule has 0 aromatic heterocycles. The van der Waals surface area contributed by atoms with Gasteiger partial charge < -0.3 is 10.6 Å². The third kappa shape index (κ3) is 4.38. The summed E-state index contributed by atoms with van der Waals surface area (Å²) in [5, 5.41) is 7.21. The third-order valence-corrected chi connectivity index (χ3v) is 3.41. The first-order valence-corrected chi connectivity index (χ1v) is 7.42. The summed E-state index contributed by atoms with van der Waals surface area (Å²) in [4.78, 5) is 12.3. The summed E-state index contributed by atoms with van der Waals surface area (Å²) in [6.07, 6.45) is 0. The van der Waals surface area contributed by atoms with E-state index in [1.54, 1.807) is 24.3 Å². The number of hydrogen-bond acceptors (Lipinski definition) is 2. The summed E-state index contributed by atoms with van der Waals surface area (Å²) in [5.74, 6) is -0.173. The second kappa shape index (κ2) is 7.34. The second-order valence-corrected chi connectivity index (χ2v) is 5.41. The van der Waals surface area contributed by atoms with Crippen LogP contribution in [0.1, 0.15) is 22.8 Å². The van der Waals surface area contributed by atoms with E-state index < -0.39 is 0 Å². The Hall–Kier alpha value is -1.71. The summed E-state index contributed by atoms with van der Waals surface area (Å²) < 4.78 is 0. The summed E-state index contributed by atoms with van der Waals surface area (Å²) in [6, 6.07) is 12.6. The van der Waals surface area contributed by atoms with Crippen molar-refractivity contribution in [3.63, 3.8) is 0 Å². The topological polar surface area (TPSA) is 41.1 Å². The standard InChI is InChI=1S/C16H16Cl2N2O/c1-2-19-15-7-6-13(18)9-14(15)16(21)20-10-11-4-3-5-12(17)8-11/h3-9,19H,2,10H2,1H3,(H,20,21). The van der Waals surface area contributed by atoms with Crippen LogP contribution in [0.25, 0.3) is 0 Å². The van der Waals surface area contributed by atoms with Crippen molar-refractivity contribution in [2.24, 2.45) is 0 Å². The van der Waals surface area contributed by atoms with Crippen LogP contribution in [0.2, 0.25) is 10.0 Å². The van der Waals surface area contributed by atoms with E-state index >= 15 is 0 Å². The molecule has 0 heterocycles. The SMILES string of the molecule is CCNc1ccc(Cl)cc1C(=O)NCc1cccc(Cl)c1. The Morgan fingerprint density at radius 1 is 1.10 bits per heavy atom. The molecule has 0 saturated heterocycles. The minimum atomic E-state index is -0.173. The average Bonchev–Trinajstić information content (AvgIpc) is 2.47. The molecule has 0 spiro atoms. The van der Waals surface area contributed by atoms with Crippen molar-refractivity contribution < 1.29 is 4.79 Å². The molecule has 1 amide bonds. The highest BCUT2D eigenvalue weighted by atomic mass is 35.5. The van der Waals surface area contributed by atoms with Crippen LogP contribution in [-0.4, -0.2) is 12.5 Å². The number of carbonyl (C=O) groups excluding carboxylic acids is 1. The van der Waals surface area contributed by atoms with Gasteiger partial charge in [-0.05, 0) is 42.8 Å². The lowest BCUT2D eigenvalue weighted by Gasteiger charge is -2.12. The first kappa shape index (κ1) is 15.7. The molecule has 0 atom stereocenters. The van der Waals surface area contributed by atoms with Gasteiger partial charge in [-0.1, -0.05) is 35.3 Å². The number of nitrogens with one attached hydrogen (secondary N) is 2. The fraction of sp³-hybridized carbons (Fsp3) is 0.188. The number of rotatable bonds is 5. The zero-order valence-electron chi connectivity index (χ0n) is 11.6. The Kier molecular flexibility index (Phi) is 5.48. The maximum Gasteiger partial charge on any atom is 0.253 e. The fourth-order valence-electron chi connectivity index (χ4n) is 1.97. The van der Waals surface area contributed by atoms with Gasteiger partial charge in [-0.2, -0.15) is 0 Å². The molecule has 0 unspecified atom stereocenters. The van der Waals surface area contributed by atoms with E-state index in [-0.39, 0.29) is 5.91 Å². The molecule has 2 rings (SSSR count). The van der Waals surface area contributed by atoms with Crippen molar-refractivity contribution in [2.75, 3.05) is 11.9 Å². The molecule has 3 nitrogen and oxygen atoms in total. The quantitative estimate of drug-likeness (QED) is 0.858. The lowest BCUT2D eigenvalue weighted by molar-refractivity contribution is 0.0951. The summed E-state index contributed by atoms with van der Waals surface area (Å²) in [6.45, 7) is 3.12. The first-order chi connectivity index (χ1) is 10.1. The van der Waals surface area contributed by atoms with Crippen molar-refractivity contribution in [1.82, 2.24) is 5.32 Å². The summed E-state index contributed by atoms with van der Waals surface area (Å²) in [5.41, 5.74) is 2.25. The number of benzene rings is 2. The smallest absolute Gasteiger partial charge is 0.253 e. The van der Waals surface area contributed by atoms with Crippen LogP contribution in [-0.2, 0) is 6.54 Å². The van der Waals surface area contributed by atoms with Gasteiger partial charge in [0.25, 0.3) is 5.91 Å². The molecular weight excluding hydrogens is 307 g/mol. The molecule has 0 saturated carbocycles. The van der Waals surface area contributed by atoms with E-state index in [1.807, 2.05) is 25.1 Å². The molecule has 0 aliphatic carbocycles. The number of hydrogen-bond donors (Lipinski definition) is 2. The molecule has 21 heavy (non-hydrogen) atoms. The molecule has 0 aliphatic rings. The molecule has 110 valence electrons. The van der Waals surface area contributed by atoms with Gasteiger partial charge in [0.15, 0.2) is 0 Å². The lowest BCUT2D eigenvalue weighted by Crippen LogP contribution is -2.24. The van der Waals surface area contributed by atoms with Crippen LogP contribution in [0.5, 0.6) is 0 Å². The largest absolute Gasteiger partial charge is 0.385 e. The number of carbonyl (C=O) groups is 1. The van der Waals surface area contributed by atoms with Gasteiger partial charge in [0.2, 0.25) is 0 Å². The maximum atomic E-state index is 12.3. The third-order valence-electron chi connectivity index (χ3n) is 2.94. The van der Waals surface area contributed by atoms with Gasteiger partial charge in [-0.25, -0.2) is 0 Å². The number of amides is 1. The van der Waals surface area contributed by atoms with Crippen LogP contribution in [0, 0.1) is 0 Å². The fourth-order valence-corrected chi connectivity index (χ4v) is 2.36. The van der Waals surface area contributed by atoms with Gasteiger partial charge in [0.1, 0.15) is 0 Å². The van der Waals surface area contributed by atoms with Crippen molar-refractivity contribution >= 4 is 34.8 Å². The number of halogens is 2. The van der Waals surface area contributed by atoms with Crippen LogP contribution in [0.15, 0.2) is 42.5 Å². The van der Waals surface area contributed by atoms with Gasteiger partial charge in [0, 0.05) is 28.8 Å². The van der Waals surface area contributed by atoms with E-state index in [9.17, 15) is 4.79 Å². The van der Waals surface area contributed by atoms with Gasteiger partial charge >= 0.3 is 0 Å². The highest BCUT2D eigenvalue weighted by Crippen LogP contribution is 2.21. The average molecular weight is 323 g/mol. The minimum Gasteiger partial charge on any atom is -0.385 e. The van der Waals surface area contributed by atoms with E-state index in [0.717, 1.165) is 17.8 Å². The predicted molar refractivity (Wildman–Crippen MR) is 88.2 cm³/mol. The normalized spacial score (nSPS) is 10.2. The number of anilines is 1. The van der Waals surface area contributed by atoms with Crippen LogP contribution < -0.4 is 10.6 Å². The maximum absolute atomic E-state index is 12.3. The molecular formula is C16H16Cl2N2O. The van der Waals surface area contributed by atoms with Crippen LogP contribution in [0.4, 0.5) is 5.69 Å². The molecule has 0 fully saturated rings. The Morgan fingerprint density at radius 3 is 2.57 bits per heavy atom. The predicted octanol–water partition coefficient (Wildman–Crippen LogP) is 4.36. The van der Waals surface area contributed by atoms with Crippen molar-refractivity contribution in [3.8, 4) is 0 Å². The second-order valence-electron chi connectivity index (χ2n) is 4.53. The van der Waals surface area contributed by atoms with Gasteiger partial charge in [-0.15, -0.1) is 0 Å². The molecule has 2 aromatic rings. The van der Waals surface area contributed by atoms with Crippen LogP contribution >= 0.6 is 23.2 Å². The highest BCUT2D eigenvalue weighted by Gasteiger charge is 2.11. The highest BCUT2D eigenvalue weighted by molar-refractivity contribution is 6.31. The van der Waals surface area contributed by atoms with E-state index in [4.69, 9.17) is 23.2 Å². The molecule has 5 heteroatoms. The monoisotopic (exact) mass is 322 g/mol.